The minimum absolute atomic E-state index is 0.159. The Morgan fingerprint density at radius 2 is 1.79 bits per heavy atom. The third kappa shape index (κ3) is 3.84. The lowest BCUT2D eigenvalue weighted by atomic mass is 9.82. The Hall–Kier alpha value is -1.32. The Morgan fingerprint density at radius 3 is 2.42 bits per heavy atom. The number of carbonyl (C=O) groups is 1. The Labute approximate surface area is 146 Å². The number of hydrogen-bond acceptors (Lipinski definition) is 2. The van der Waals surface area contributed by atoms with Crippen molar-refractivity contribution in [3.05, 3.63) is 12.3 Å². The molecule has 0 saturated heterocycles. The number of amides is 1. The minimum atomic E-state index is 0.159. The van der Waals surface area contributed by atoms with Gasteiger partial charge in [0.1, 0.15) is 0 Å². The maximum absolute atomic E-state index is 13.1. The summed E-state index contributed by atoms with van der Waals surface area (Å²) in [5.74, 6) is 2.08. The van der Waals surface area contributed by atoms with E-state index in [1.54, 1.807) is 0 Å². The second-order valence-corrected chi connectivity index (χ2v) is 8.20. The fraction of sp³-hybridized carbons (Fsp3) is 0.800. The van der Waals surface area contributed by atoms with Crippen LogP contribution in [0.4, 0.5) is 5.82 Å². The lowest BCUT2D eigenvalue weighted by Crippen LogP contribution is -2.42. The van der Waals surface area contributed by atoms with Crippen molar-refractivity contribution < 1.29 is 4.79 Å². The van der Waals surface area contributed by atoms with Crippen LogP contribution in [0.3, 0.4) is 0 Å². The number of rotatable bonds is 4. The van der Waals surface area contributed by atoms with Crippen molar-refractivity contribution in [2.45, 2.75) is 90.6 Å². The van der Waals surface area contributed by atoms with E-state index < -0.39 is 0 Å². The van der Waals surface area contributed by atoms with Crippen molar-refractivity contribution in [1.82, 2.24) is 9.78 Å². The van der Waals surface area contributed by atoms with E-state index in [-0.39, 0.29) is 17.9 Å². The van der Waals surface area contributed by atoms with Crippen LogP contribution in [0, 0.1) is 11.8 Å². The van der Waals surface area contributed by atoms with Crippen LogP contribution in [0.1, 0.15) is 84.6 Å². The van der Waals surface area contributed by atoms with Gasteiger partial charge in [0.05, 0.1) is 6.04 Å². The molecule has 0 aromatic carbocycles. The Kier molecular flexibility index (Phi) is 5.62. The molecule has 0 aliphatic heterocycles. The first-order valence-electron chi connectivity index (χ1n) is 9.94. The van der Waals surface area contributed by atoms with Crippen molar-refractivity contribution >= 4 is 11.7 Å². The van der Waals surface area contributed by atoms with Gasteiger partial charge in [0.2, 0.25) is 5.91 Å². The van der Waals surface area contributed by atoms with Crippen LogP contribution in [0.2, 0.25) is 0 Å². The highest BCUT2D eigenvalue weighted by molar-refractivity contribution is 5.94. The molecule has 0 unspecified atom stereocenters. The first-order valence-corrected chi connectivity index (χ1v) is 9.94. The summed E-state index contributed by atoms with van der Waals surface area (Å²) >= 11 is 0. The first-order chi connectivity index (χ1) is 11.6. The Bertz CT molecular complexity index is 537. The quantitative estimate of drug-likeness (QED) is 0.782. The molecule has 0 spiro atoms. The monoisotopic (exact) mass is 331 g/mol. The van der Waals surface area contributed by atoms with E-state index in [0.717, 1.165) is 24.6 Å². The first kappa shape index (κ1) is 17.5. The molecule has 24 heavy (non-hydrogen) atoms. The van der Waals surface area contributed by atoms with Crippen LogP contribution in [-0.4, -0.2) is 21.7 Å². The van der Waals surface area contributed by atoms with Crippen molar-refractivity contribution in [1.29, 1.82) is 0 Å². The second kappa shape index (κ2) is 7.71. The van der Waals surface area contributed by atoms with Gasteiger partial charge in [-0.1, -0.05) is 26.2 Å². The summed E-state index contributed by atoms with van der Waals surface area (Å²) in [5, 5.41) is 4.81. The van der Waals surface area contributed by atoms with E-state index in [9.17, 15) is 4.79 Å². The summed E-state index contributed by atoms with van der Waals surface area (Å²) in [6.45, 7) is 6.50. The molecule has 0 atom stereocenters. The number of carbonyl (C=O) groups excluding carboxylic acids is 1. The van der Waals surface area contributed by atoms with E-state index in [0.29, 0.717) is 6.04 Å². The number of nitrogens with zero attached hydrogens (tertiary/aromatic N) is 3. The molecular formula is C20H33N3O. The van der Waals surface area contributed by atoms with Gasteiger partial charge in [-0.05, 0) is 58.3 Å². The molecule has 4 nitrogen and oxygen atoms in total. The van der Waals surface area contributed by atoms with Crippen LogP contribution in [0.5, 0.6) is 0 Å². The molecule has 1 amide bonds. The molecule has 0 radical (unpaired) electrons. The summed E-state index contributed by atoms with van der Waals surface area (Å²) in [6.07, 6.45) is 12.9. The summed E-state index contributed by atoms with van der Waals surface area (Å²) in [5.41, 5.74) is 0. The molecule has 134 valence electrons. The standard InChI is InChI=1S/C20H33N3O/c1-15(2)23(20(24)17-11-9-16(3)10-12-17)19-13-14-22(21-19)18-7-5-4-6-8-18/h13-18H,4-12H2,1-3H3. The molecule has 0 N–H and O–H groups in total. The summed E-state index contributed by atoms with van der Waals surface area (Å²) in [7, 11) is 0. The topological polar surface area (TPSA) is 38.1 Å². The smallest absolute Gasteiger partial charge is 0.231 e. The lowest BCUT2D eigenvalue weighted by Gasteiger charge is -2.32. The average Bonchev–Trinajstić information content (AvgIpc) is 3.05. The van der Waals surface area contributed by atoms with E-state index in [1.807, 2.05) is 11.0 Å². The molecule has 2 fully saturated rings. The Morgan fingerprint density at radius 1 is 1.12 bits per heavy atom. The van der Waals surface area contributed by atoms with E-state index in [4.69, 9.17) is 5.10 Å². The van der Waals surface area contributed by atoms with Crippen LogP contribution < -0.4 is 4.90 Å². The summed E-state index contributed by atoms with van der Waals surface area (Å²) in [6, 6.07) is 2.72. The van der Waals surface area contributed by atoms with Gasteiger partial charge < -0.3 is 0 Å². The van der Waals surface area contributed by atoms with Crippen LogP contribution in [0.25, 0.3) is 0 Å². The summed E-state index contributed by atoms with van der Waals surface area (Å²) in [4.78, 5) is 15.1. The largest absolute Gasteiger partial charge is 0.293 e. The van der Waals surface area contributed by atoms with Crippen molar-refractivity contribution in [3.63, 3.8) is 0 Å². The maximum atomic E-state index is 13.1. The number of hydrogen-bond donors (Lipinski definition) is 0. The molecular weight excluding hydrogens is 298 g/mol. The van der Waals surface area contributed by atoms with Crippen LogP contribution >= 0.6 is 0 Å². The van der Waals surface area contributed by atoms with Crippen LogP contribution in [0.15, 0.2) is 12.3 Å². The highest BCUT2D eigenvalue weighted by Gasteiger charge is 2.31. The number of anilines is 1. The minimum Gasteiger partial charge on any atom is -0.293 e. The average molecular weight is 332 g/mol. The Balaban J connectivity index is 1.73. The zero-order valence-electron chi connectivity index (χ0n) is 15.6. The van der Waals surface area contributed by atoms with Crippen molar-refractivity contribution in [3.8, 4) is 0 Å². The van der Waals surface area contributed by atoms with Gasteiger partial charge in [0, 0.05) is 24.2 Å². The van der Waals surface area contributed by atoms with E-state index >= 15 is 0 Å². The van der Waals surface area contributed by atoms with Gasteiger partial charge in [0.25, 0.3) is 0 Å². The van der Waals surface area contributed by atoms with Gasteiger partial charge in [-0.25, -0.2) is 0 Å². The summed E-state index contributed by atoms with van der Waals surface area (Å²) < 4.78 is 2.11. The molecule has 4 heteroatoms. The molecule has 2 saturated carbocycles. The van der Waals surface area contributed by atoms with Gasteiger partial charge in [-0.15, -0.1) is 0 Å². The fourth-order valence-electron chi connectivity index (χ4n) is 4.34. The molecule has 0 bridgehead atoms. The van der Waals surface area contributed by atoms with Crippen molar-refractivity contribution in [2.75, 3.05) is 4.90 Å². The predicted octanol–water partition coefficient (Wildman–Crippen LogP) is 4.96. The van der Waals surface area contributed by atoms with Gasteiger partial charge in [-0.2, -0.15) is 5.10 Å². The van der Waals surface area contributed by atoms with Gasteiger partial charge in [0.15, 0.2) is 5.82 Å². The lowest BCUT2D eigenvalue weighted by molar-refractivity contribution is -0.123. The molecule has 2 aliphatic carbocycles. The molecule has 2 aliphatic rings. The molecule has 1 aromatic rings. The maximum Gasteiger partial charge on any atom is 0.231 e. The molecule has 1 heterocycles. The molecule has 3 rings (SSSR count). The second-order valence-electron chi connectivity index (χ2n) is 8.20. The van der Waals surface area contributed by atoms with Crippen LogP contribution in [-0.2, 0) is 4.79 Å². The van der Waals surface area contributed by atoms with Gasteiger partial charge in [-0.3, -0.25) is 14.4 Å². The van der Waals surface area contributed by atoms with E-state index in [2.05, 4.69) is 31.6 Å². The third-order valence-corrected chi connectivity index (χ3v) is 5.91. The zero-order valence-corrected chi connectivity index (χ0v) is 15.6. The SMILES string of the molecule is CC1CCC(C(=O)N(c2ccn(C3CCCCC3)n2)C(C)C)CC1. The predicted molar refractivity (Wildman–Crippen MR) is 98.1 cm³/mol. The fourth-order valence-corrected chi connectivity index (χ4v) is 4.34. The zero-order chi connectivity index (χ0) is 17.1. The van der Waals surface area contributed by atoms with Gasteiger partial charge >= 0.3 is 0 Å². The highest BCUT2D eigenvalue weighted by atomic mass is 16.2. The van der Waals surface area contributed by atoms with Crippen molar-refractivity contribution in [2.24, 2.45) is 11.8 Å². The third-order valence-electron chi connectivity index (χ3n) is 5.91. The normalized spacial score (nSPS) is 25.8. The highest BCUT2D eigenvalue weighted by Crippen LogP contribution is 2.32. The number of aromatic nitrogens is 2. The molecule has 1 aromatic heterocycles. The van der Waals surface area contributed by atoms with E-state index in [1.165, 1.54) is 44.9 Å².